The van der Waals surface area contributed by atoms with Crippen LogP contribution in [0.2, 0.25) is 0 Å². The minimum absolute atomic E-state index is 0.152. The van der Waals surface area contributed by atoms with Gasteiger partial charge in [-0.15, -0.1) is 0 Å². The molecule has 0 aromatic carbocycles. The molecule has 4 aliphatic rings. The van der Waals surface area contributed by atoms with E-state index in [4.69, 9.17) is 0 Å². The van der Waals surface area contributed by atoms with E-state index in [2.05, 4.69) is 27.8 Å². The van der Waals surface area contributed by atoms with Gasteiger partial charge in [0.2, 0.25) is 0 Å². The predicted molar refractivity (Wildman–Crippen MR) is 135 cm³/mol. The molecule has 3 aliphatic heterocycles. The number of pyridine rings is 1. The van der Waals surface area contributed by atoms with Crippen molar-refractivity contribution in [3.8, 4) is 0 Å². The van der Waals surface area contributed by atoms with E-state index in [0.29, 0.717) is 17.2 Å². The summed E-state index contributed by atoms with van der Waals surface area (Å²) in [5.41, 5.74) is 4.19. The van der Waals surface area contributed by atoms with Crippen molar-refractivity contribution in [2.45, 2.75) is 45.2 Å². The van der Waals surface area contributed by atoms with Gasteiger partial charge < -0.3 is 9.30 Å². The van der Waals surface area contributed by atoms with E-state index in [-0.39, 0.29) is 11.6 Å². The lowest BCUT2D eigenvalue weighted by molar-refractivity contribution is -0.122. The smallest absolute Gasteiger partial charge is 0.255 e. The lowest BCUT2D eigenvalue weighted by Crippen LogP contribution is -2.56. The highest BCUT2D eigenvalue weighted by Gasteiger charge is 2.33. The molecule has 0 bridgehead atoms. The molecule has 2 aromatic heterocycles. The maximum atomic E-state index is 14.7. The Labute approximate surface area is 205 Å². The Kier molecular flexibility index (Phi) is 5.44. The minimum atomic E-state index is -0.408. The molecule has 0 spiro atoms. The van der Waals surface area contributed by atoms with Crippen molar-refractivity contribution in [3.63, 3.8) is 0 Å². The third kappa shape index (κ3) is 4.04. The van der Waals surface area contributed by atoms with Crippen molar-refractivity contribution in [2.24, 2.45) is 0 Å². The van der Waals surface area contributed by atoms with Crippen LogP contribution in [0.15, 0.2) is 72.5 Å². The Hall–Kier alpha value is -3.45. The van der Waals surface area contributed by atoms with Gasteiger partial charge in [0.05, 0.1) is 11.4 Å². The number of aromatic nitrogens is 2. The molecule has 2 fully saturated rings. The van der Waals surface area contributed by atoms with Gasteiger partial charge in [0.15, 0.2) is 11.5 Å². The molecule has 6 nitrogen and oxygen atoms in total. The maximum Gasteiger partial charge on any atom is 0.255 e. The molecular weight excluding hydrogens is 441 g/mol. The van der Waals surface area contributed by atoms with Crippen LogP contribution >= 0.6 is 0 Å². The second-order valence-corrected chi connectivity index (χ2v) is 9.95. The van der Waals surface area contributed by atoms with Gasteiger partial charge in [0, 0.05) is 67.6 Å². The third-order valence-corrected chi connectivity index (χ3v) is 7.57. The first-order valence-corrected chi connectivity index (χ1v) is 12.5. The second-order valence-electron chi connectivity index (χ2n) is 9.95. The van der Waals surface area contributed by atoms with Crippen LogP contribution in [-0.4, -0.2) is 61.7 Å². The lowest BCUT2D eigenvalue weighted by Gasteiger charge is -2.48. The van der Waals surface area contributed by atoms with Gasteiger partial charge in [0.25, 0.3) is 5.91 Å². The SMILES string of the molecule is Cc1cn2cc(C3=CC(=O)N4C=C(N5CCN(C6CCC6)[C@@H](C)C5)C=C/C4=C\C=C3)cc(F)c2n1. The molecule has 1 amide bonds. The Morgan fingerprint density at radius 2 is 1.91 bits per heavy atom. The molecule has 0 radical (unpaired) electrons. The van der Waals surface area contributed by atoms with E-state index < -0.39 is 5.82 Å². The largest absolute Gasteiger partial charge is 0.367 e. The van der Waals surface area contributed by atoms with Crippen molar-refractivity contribution in [1.29, 1.82) is 0 Å². The number of carbonyl (C=O) groups excluding carboxylic acids is 1. The number of aryl methyl sites for hydroxylation is 1. The minimum Gasteiger partial charge on any atom is -0.367 e. The maximum absolute atomic E-state index is 14.7. The number of piperazine rings is 1. The molecular formula is C28H30FN5O. The van der Waals surface area contributed by atoms with Crippen LogP contribution in [0.25, 0.3) is 11.2 Å². The average molecular weight is 472 g/mol. The Bertz CT molecular complexity index is 1340. The number of hydrogen-bond donors (Lipinski definition) is 0. The molecule has 35 heavy (non-hydrogen) atoms. The fraction of sp³-hybridized carbons (Fsp3) is 0.357. The topological polar surface area (TPSA) is 44.1 Å². The van der Waals surface area contributed by atoms with E-state index >= 15 is 0 Å². The number of allylic oxidation sites excluding steroid dienone is 6. The molecule has 0 unspecified atom stereocenters. The van der Waals surface area contributed by atoms with Crippen LogP contribution in [-0.2, 0) is 4.79 Å². The summed E-state index contributed by atoms with van der Waals surface area (Å²) in [6.07, 6.45) is 20.9. The average Bonchev–Trinajstić information content (AvgIpc) is 3.18. The van der Waals surface area contributed by atoms with Crippen molar-refractivity contribution in [1.82, 2.24) is 24.1 Å². The highest BCUT2D eigenvalue weighted by Crippen LogP contribution is 2.31. The van der Waals surface area contributed by atoms with Crippen LogP contribution in [0.3, 0.4) is 0 Å². The van der Waals surface area contributed by atoms with Crippen LogP contribution in [0, 0.1) is 12.7 Å². The molecule has 1 aliphatic carbocycles. The molecule has 5 heterocycles. The summed E-state index contributed by atoms with van der Waals surface area (Å²) in [4.78, 5) is 24.3. The highest BCUT2D eigenvalue weighted by atomic mass is 19.1. The Morgan fingerprint density at radius 3 is 2.69 bits per heavy atom. The van der Waals surface area contributed by atoms with E-state index in [0.717, 1.165) is 42.8 Å². The lowest BCUT2D eigenvalue weighted by atomic mass is 9.89. The predicted octanol–water partition coefficient (Wildman–Crippen LogP) is 4.42. The number of halogens is 1. The van der Waals surface area contributed by atoms with E-state index in [1.54, 1.807) is 21.6 Å². The summed E-state index contributed by atoms with van der Waals surface area (Å²) >= 11 is 0. The normalized spacial score (nSPS) is 24.9. The van der Waals surface area contributed by atoms with Gasteiger partial charge in [-0.2, -0.15) is 0 Å². The molecule has 6 rings (SSSR count). The summed E-state index contributed by atoms with van der Waals surface area (Å²) in [5.74, 6) is -0.560. The standard InChI is InChI=1S/C28H30FN5O/c1-19-15-32-17-22(13-26(29)28(32)30-19)21-5-3-6-24-9-10-25(18-34(24)27(35)14-21)31-11-12-33(20(2)16-31)23-7-4-8-23/h3,5-6,9-10,13-15,17-18,20,23H,4,7-8,11-12,16H2,1-2H3/b5-3?,21-14?,24-6+/t20-/m0/s1. The van der Waals surface area contributed by atoms with Crippen molar-refractivity contribution >= 4 is 17.1 Å². The van der Waals surface area contributed by atoms with Gasteiger partial charge in [-0.1, -0.05) is 18.6 Å². The van der Waals surface area contributed by atoms with Crippen LogP contribution < -0.4 is 0 Å². The van der Waals surface area contributed by atoms with E-state index in [9.17, 15) is 9.18 Å². The van der Waals surface area contributed by atoms with E-state index in [1.165, 1.54) is 25.3 Å². The Balaban J connectivity index is 1.26. The molecule has 1 saturated carbocycles. The zero-order valence-electron chi connectivity index (χ0n) is 20.2. The molecule has 2 aromatic rings. The zero-order valence-corrected chi connectivity index (χ0v) is 20.2. The van der Waals surface area contributed by atoms with Crippen molar-refractivity contribution in [3.05, 3.63) is 89.6 Å². The second kappa shape index (κ2) is 8.64. The number of nitrogens with zero attached hydrogens (tertiary/aromatic N) is 5. The first-order chi connectivity index (χ1) is 17.0. The first kappa shape index (κ1) is 22.0. The molecule has 0 N–H and O–H groups in total. The number of carbonyl (C=O) groups is 1. The van der Waals surface area contributed by atoms with Crippen LogP contribution in [0.5, 0.6) is 0 Å². The monoisotopic (exact) mass is 471 g/mol. The Morgan fingerprint density at radius 1 is 1.09 bits per heavy atom. The van der Waals surface area contributed by atoms with Gasteiger partial charge in [-0.3, -0.25) is 14.6 Å². The van der Waals surface area contributed by atoms with Crippen molar-refractivity contribution in [2.75, 3.05) is 19.6 Å². The van der Waals surface area contributed by atoms with Crippen LogP contribution in [0.4, 0.5) is 4.39 Å². The molecule has 180 valence electrons. The highest BCUT2D eigenvalue weighted by molar-refractivity contribution is 5.99. The molecule has 1 atom stereocenters. The van der Waals surface area contributed by atoms with Gasteiger partial charge >= 0.3 is 0 Å². The number of imidazole rings is 1. The fourth-order valence-corrected chi connectivity index (χ4v) is 5.50. The summed E-state index contributed by atoms with van der Waals surface area (Å²) < 4.78 is 16.4. The zero-order chi connectivity index (χ0) is 24.1. The fourth-order valence-electron chi connectivity index (χ4n) is 5.50. The third-order valence-electron chi connectivity index (χ3n) is 7.57. The van der Waals surface area contributed by atoms with Gasteiger partial charge in [-0.05, 0) is 56.6 Å². The van der Waals surface area contributed by atoms with Gasteiger partial charge in [-0.25, -0.2) is 9.37 Å². The number of amides is 1. The first-order valence-electron chi connectivity index (χ1n) is 12.5. The van der Waals surface area contributed by atoms with Crippen LogP contribution in [0.1, 0.15) is 37.4 Å². The summed E-state index contributed by atoms with van der Waals surface area (Å²) in [6.45, 7) is 7.11. The number of fused-ring (bicyclic) bond motifs is 2. The van der Waals surface area contributed by atoms with E-state index in [1.807, 2.05) is 43.6 Å². The molecule has 1 saturated heterocycles. The molecule has 7 heteroatoms. The quantitative estimate of drug-likeness (QED) is 0.665. The summed E-state index contributed by atoms with van der Waals surface area (Å²) in [7, 11) is 0. The number of hydrogen-bond acceptors (Lipinski definition) is 4. The number of rotatable bonds is 3. The summed E-state index contributed by atoms with van der Waals surface area (Å²) in [6, 6.07) is 2.69. The van der Waals surface area contributed by atoms with Crippen molar-refractivity contribution < 1.29 is 9.18 Å². The van der Waals surface area contributed by atoms with Gasteiger partial charge in [0.1, 0.15) is 0 Å². The summed E-state index contributed by atoms with van der Waals surface area (Å²) in [5, 5.41) is 0.